The van der Waals surface area contributed by atoms with Crippen molar-refractivity contribution in [3.63, 3.8) is 0 Å². The van der Waals surface area contributed by atoms with E-state index in [1.54, 1.807) is 7.11 Å². The third kappa shape index (κ3) is 5.68. The Morgan fingerprint density at radius 3 is 2.31 bits per heavy atom. The predicted octanol–water partition coefficient (Wildman–Crippen LogP) is 4.15. The van der Waals surface area contributed by atoms with Crippen molar-refractivity contribution in [3.05, 3.63) is 36.3 Å². The molecule has 3 heterocycles. The van der Waals surface area contributed by atoms with Crippen molar-refractivity contribution in [1.29, 1.82) is 0 Å². The molecular formula is C26H40FN7O. The lowest BCUT2D eigenvalue weighted by Crippen LogP contribution is -2.61. The highest BCUT2D eigenvalue weighted by molar-refractivity contribution is 5.60. The molecule has 2 fully saturated rings. The summed E-state index contributed by atoms with van der Waals surface area (Å²) in [6, 6.07) is 8.26. The minimum Gasteiger partial charge on any atom is -0.366 e. The maximum Gasteiger partial charge on any atom is 0.229 e. The second kappa shape index (κ2) is 9.87. The van der Waals surface area contributed by atoms with Gasteiger partial charge in [-0.05, 0) is 78.9 Å². The summed E-state index contributed by atoms with van der Waals surface area (Å²) in [5.74, 6) is 0.165. The van der Waals surface area contributed by atoms with Crippen LogP contribution in [0.3, 0.4) is 0 Å². The molecule has 0 saturated carbocycles. The van der Waals surface area contributed by atoms with E-state index < -0.39 is 5.82 Å². The first-order valence-electron chi connectivity index (χ1n) is 12.4. The van der Waals surface area contributed by atoms with Crippen molar-refractivity contribution < 1.29 is 9.13 Å². The molecular weight excluding hydrogens is 445 g/mol. The quantitative estimate of drug-likeness (QED) is 0.633. The molecule has 0 radical (unpaired) electrons. The van der Waals surface area contributed by atoms with Crippen molar-refractivity contribution in [1.82, 2.24) is 19.8 Å². The molecule has 0 amide bonds. The topological polar surface area (TPSA) is 68.8 Å². The minimum atomic E-state index is -0.441. The summed E-state index contributed by atoms with van der Waals surface area (Å²) < 4.78 is 20.2. The number of likely N-dealkylation sites (N-methyl/N-ethyl adjacent to an activating group) is 1. The maximum atomic E-state index is 14.6. The Hall–Kier alpha value is -2.49. The molecule has 4 rings (SSSR count). The van der Waals surface area contributed by atoms with Crippen LogP contribution in [-0.2, 0) is 4.74 Å². The number of benzene rings is 1. The zero-order valence-electron chi connectivity index (χ0n) is 22.1. The second-order valence-electron chi connectivity index (χ2n) is 11.1. The van der Waals surface area contributed by atoms with E-state index in [0.29, 0.717) is 5.95 Å². The van der Waals surface area contributed by atoms with E-state index in [2.05, 4.69) is 89.2 Å². The summed E-state index contributed by atoms with van der Waals surface area (Å²) in [5, 5.41) is 6.57. The van der Waals surface area contributed by atoms with Crippen molar-refractivity contribution in [3.8, 4) is 0 Å². The van der Waals surface area contributed by atoms with Gasteiger partial charge < -0.3 is 20.3 Å². The molecule has 0 aliphatic carbocycles. The standard InChI is InChI=1S/C26H40FN7O/c1-25(2)14-19(15-26(3,4)33(25)6)29-23-21(27)16-28-24(31-23)30-18-8-10-20(11-9-18)34-13-12-32(5)22(17-34)35-7/h8-11,16,19,22H,12-15,17H2,1-7H3,(H2,28,29,30,31). The maximum absolute atomic E-state index is 14.6. The van der Waals surface area contributed by atoms with E-state index in [-0.39, 0.29) is 29.2 Å². The Morgan fingerprint density at radius 1 is 1.03 bits per heavy atom. The highest BCUT2D eigenvalue weighted by Crippen LogP contribution is 2.38. The molecule has 192 valence electrons. The van der Waals surface area contributed by atoms with Crippen LogP contribution < -0.4 is 15.5 Å². The fourth-order valence-corrected chi connectivity index (χ4v) is 5.41. The Kier molecular flexibility index (Phi) is 7.22. The molecule has 0 spiro atoms. The molecule has 1 aromatic heterocycles. The summed E-state index contributed by atoms with van der Waals surface area (Å²) in [6.07, 6.45) is 3.11. The monoisotopic (exact) mass is 485 g/mol. The summed E-state index contributed by atoms with van der Waals surface area (Å²) in [6.45, 7) is 11.6. The molecule has 2 saturated heterocycles. The van der Waals surface area contributed by atoms with Gasteiger partial charge in [0.05, 0.1) is 12.7 Å². The number of nitrogens with one attached hydrogen (secondary N) is 2. The van der Waals surface area contributed by atoms with Gasteiger partial charge in [0, 0.05) is 48.7 Å². The first-order valence-corrected chi connectivity index (χ1v) is 12.4. The van der Waals surface area contributed by atoms with Crippen LogP contribution in [0.4, 0.5) is 27.5 Å². The number of hydrogen-bond acceptors (Lipinski definition) is 8. The third-order valence-corrected chi connectivity index (χ3v) is 7.74. The summed E-state index contributed by atoms with van der Waals surface area (Å²) in [4.78, 5) is 15.6. The van der Waals surface area contributed by atoms with Gasteiger partial charge in [0.15, 0.2) is 11.6 Å². The fourth-order valence-electron chi connectivity index (χ4n) is 5.41. The van der Waals surface area contributed by atoms with Gasteiger partial charge in [0.2, 0.25) is 5.95 Å². The number of aromatic nitrogens is 2. The molecule has 1 unspecified atom stereocenters. The largest absolute Gasteiger partial charge is 0.366 e. The number of ether oxygens (including phenoxy) is 1. The number of rotatable bonds is 6. The van der Waals surface area contributed by atoms with Crippen molar-refractivity contribution >= 4 is 23.1 Å². The lowest BCUT2D eigenvalue weighted by molar-refractivity contribution is -0.0225. The van der Waals surface area contributed by atoms with Crippen molar-refractivity contribution in [2.45, 2.75) is 63.9 Å². The Labute approximate surface area is 208 Å². The van der Waals surface area contributed by atoms with Gasteiger partial charge in [-0.2, -0.15) is 4.98 Å². The number of piperidine rings is 1. The van der Waals surface area contributed by atoms with Crippen LogP contribution in [0, 0.1) is 5.82 Å². The van der Waals surface area contributed by atoms with E-state index in [1.807, 2.05) is 12.1 Å². The highest BCUT2D eigenvalue weighted by atomic mass is 19.1. The number of piperazine rings is 1. The van der Waals surface area contributed by atoms with Crippen molar-refractivity contribution in [2.75, 3.05) is 56.4 Å². The summed E-state index contributed by atoms with van der Waals surface area (Å²) in [7, 11) is 5.99. The van der Waals surface area contributed by atoms with Crippen LogP contribution in [-0.4, -0.2) is 84.0 Å². The second-order valence-corrected chi connectivity index (χ2v) is 11.1. The fraction of sp³-hybridized carbons (Fsp3) is 0.615. The van der Waals surface area contributed by atoms with Gasteiger partial charge in [0.25, 0.3) is 0 Å². The smallest absolute Gasteiger partial charge is 0.229 e. The highest BCUT2D eigenvalue weighted by Gasteiger charge is 2.43. The van der Waals surface area contributed by atoms with E-state index in [9.17, 15) is 4.39 Å². The number of likely N-dealkylation sites (tertiary alicyclic amines) is 1. The molecule has 1 atom stereocenters. The van der Waals surface area contributed by atoms with Gasteiger partial charge in [-0.25, -0.2) is 9.37 Å². The number of anilines is 4. The molecule has 2 aromatic rings. The average molecular weight is 486 g/mol. The van der Waals surface area contributed by atoms with Crippen LogP contribution in [0.25, 0.3) is 0 Å². The molecule has 1 aromatic carbocycles. The first kappa shape index (κ1) is 25.6. The van der Waals surface area contributed by atoms with Crippen LogP contribution in [0.5, 0.6) is 0 Å². The zero-order valence-corrected chi connectivity index (χ0v) is 22.1. The SMILES string of the molecule is COC1CN(c2ccc(Nc3ncc(F)c(NC4CC(C)(C)N(C)C(C)(C)C4)n3)cc2)CCN1C. The van der Waals surface area contributed by atoms with Crippen LogP contribution in [0.15, 0.2) is 30.5 Å². The molecule has 35 heavy (non-hydrogen) atoms. The number of methoxy groups -OCH3 is 1. The summed E-state index contributed by atoms with van der Waals surface area (Å²) >= 11 is 0. The minimum absolute atomic E-state index is 0.00120. The molecule has 2 aliphatic heterocycles. The van der Waals surface area contributed by atoms with Gasteiger partial charge in [-0.3, -0.25) is 9.80 Å². The van der Waals surface area contributed by atoms with Gasteiger partial charge in [0.1, 0.15) is 6.23 Å². The van der Waals surface area contributed by atoms with Gasteiger partial charge in [-0.1, -0.05) is 0 Å². The third-order valence-electron chi connectivity index (χ3n) is 7.74. The summed E-state index contributed by atoms with van der Waals surface area (Å²) in [5.41, 5.74) is 1.99. The lowest BCUT2D eigenvalue weighted by Gasteiger charge is -2.53. The van der Waals surface area contributed by atoms with Crippen LogP contribution in [0.1, 0.15) is 40.5 Å². The molecule has 2 N–H and O–H groups in total. The van der Waals surface area contributed by atoms with Crippen LogP contribution in [0.2, 0.25) is 0 Å². The molecule has 8 nitrogen and oxygen atoms in total. The van der Waals surface area contributed by atoms with Gasteiger partial charge in [-0.15, -0.1) is 0 Å². The zero-order chi connectivity index (χ0) is 25.4. The molecule has 2 aliphatic rings. The Morgan fingerprint density at radius 2 is 1.69 bits per heavy atom. The first-order chi connectivity index (χ1) is 16.5. The van der Waals surface area contributed by atoms with E-state index >= 15 is 0 Å². The van der Waals surface area contributed by atoms with E-state index in [4.69, 9.17) is 4.74 Å². The Balaban J connectivity index is 1.43. The number of hydrogen-bond donors (Lipinski definition) is 2. The van der Waals surface area contributed by atoms with E-state index in [0.717, 1.165) is 43.9 Å². The van der Waals surface area contributed by atoms with Crippen molar-refractivity contribution in [2.24, 2.45) is 0 Å². The van der Waals surface area contributed by atoms with Crippen LogP contribution >= 0.6 is 0 Å². The lowest BCUT2D eigenvalue weighted by atomic mass is 9.77. The Bertz CT molecular complexity index is 995. The van der Waals surface area contributed by atoms with E-state index in [1.165, 1.54) is 6.20 Å². The van der Waals surface area contributed by atoms with Gasteiger partial charge >= 0.3 is 0 Å². The molecule has 0 bridgehead atoms. The molecule has 9 heteroatoms. The number of halogens is 1. The number of nitrogens with zero attached hydrogens (tertiary/aromatic N) is 5. The predicted molar refractivity (Wildman–Crippen MR) is 140 cm³/mol. The normalized spacial score (nSPS) is 23.3. The average Bonchev–Trinajstić information content (AvgIpc) is 2.80.